The maximum Gasteiger partial charge on any atom is 0.249 e. The van der Waals surface area contributed by atoms with E-state index in [4.69, 9.17) is 4.74 Å². The summed E-state index contributed by atoms with van der Waals surface area (Å²) in [7, 11) is -3.32. The normalized spacial score (nSPS) is 32.7. The maximum absolute atomic E-state index is 13.0. The minimum absolute atomic E-state index is 0.236. The number of ether oxygens (including phenoxy) is 1. The van der Waals surface area contributed by atoms with Crippen molar-refractivity contribution in [3.8, 4) is 0 Å². The molecule has 23 heavy (non-hydrogen) atoms. The van der Waals surface area contributed by atoms with Crippen molar-refractivity contribution < 1.29 is 26.7 Å². The Morgan fingerprint density at radius 1 is 1.17 bits per heavy atom. The molecule has 9 heteroatoms. The van der Waals surface area contributed by atoms with Crippen molar-refractivity contribution in [2.75, 3.05) is 32.5 Å². The Labute approximate surface area is 134 Å². The van der Waals surface area contributed by atoms with Crippen LogP contribution in [0.3, 0.4) is 0 Å². The third-order valence-corrected chi connectivity index (χ3v) is 6.30. The summed E-state index contributed by atoms with van der Waals surface area (Å²) in [6, 6.07) is -0.278. The van der Waals surface area contributed by atoms with Crippen molar-refractivity contribution in [3.05, 3.63) is 0 Å². The fourth-order valence-electron chi connectivity index (χ4n) is 3.77. The van der Waals surface area contributed by atoms with E-state index in [0.29, 0.717) is 39.1 Å². The molecule has 2 aliphatic heterocycles. The molecule has 1 saturated carbocycles. The summed E-state index contributed by atoms with van der Waals surface area (Å²) >= 11 is 0. The zero-order valence-electron chi connectivity index (χ0n) is 13.1. The van der Waals surface area contributed by atoms with Gasteiger partial charge in [-0.2, -0.15) is 4.31 Å². The number of rotatable bonds is 2. The van der Waals surface area contributed by atoms with E-state index in [2.05, 4.69) is 0 Å². The lowest BCUT2D eigenvalue weighted by Crippen LogP contribution is -2.53. The third kappa shape index (κ3) is 3.51. The zero-order chi connectivity index (χ0) is 16.8. The predicted octanol–water partition coefficient (Wildman–Crippen LogP) is 0.683. The average molecular weight is 352 g/mol. The van der Waals surface area contributed by atoms with Gasteiger partial charge in [-0.3, -0.25) is 4.79 Å². The number of fused-ring (bicyclic) bond motifs is 1. The van der Waals surface area contributed by atoms with Crippen molar-refractivity contribution in [2.45, 2.75) is 43.8 Å². The zero-order valence-corrected chi connectivity index (χ0v) is 13.9. The predicted molar refractivity (Wildman–Crippen MR) is 78.6 cm³/mol. The first-order chi connectivity index (χ1) is 10.7. The number of carbonyl (C=O) groups excluding carboxylic acids is 1. The molecule has 0 spiro atoms. The van der Waals surface area contributed by atoms with Crippen LogP contribution in [0.5, 0.6) is 0 Å². The van der Waals surface area contributed by atoms with Crippen molar-refractivity contribution in [3.63, 3.8) is 0 Å². The lowest BCUT2D eigenvalue weighted by molar-refractivity contribution is -0.159. The number of morpholine rings is 1. The standard InChI is InChI=1S/C14H22F2N2O4S/c1-23(20,21)18-6-7-22-12-3-5-17(4-2-11(12)18)13(19)10-8-14(15,16)9-10/h10-12H,2-9H2,1H3/t11-,12-/m1/s1. The highest BCUT2D eigenvalue weighted by Gasteiger charge is 2.50. The average Bonchev–Trinajstić information content (AvgIpc) is 2.65. The van der Waals surface area contributed by atoms with Crippen molar-refractivity contribution >= 4 is 15.9 Å². The van der Waals surface area contributed by atoms with Gasteiger partial charge in [0, 0.05) is 38.4 Å². The molecule has 6 nitrogen and oxygen atoms in total. The summed E-state index contributed by atoms with van der Waals surface area (Å²) in [6.07, 6.45) is 1.21. The number of nitrogens with zero attached hydrogens (tertiary/aromatic N) is 2. The topological polar surface area (TPSA) is 66.9 Å². The van der Waals surface area contributed by atoms with E-state index in [1.807, 2.05) is 0 Å². The first-order valence-corrected chi connectivity index (χ1v) is 9.77. The van der Waals surface area contributed by atoms with Gasteiger partial charge in [0.1, 0.15) is 0 Å². The van der Waals surface area contributed by atoms with Gasteiger partial charge < -0.3 is 9.64 Å². The van der Waals surface area contributed by atoms with Crippen LogP contribution < -0.4 is 0 Å². The highest BCUT2D eigenvalue weighted by atomic mass is 32.2. The Morgan fingerprint density at radius 3 is 2.43 bits per heavy atom. The van der Waals surface area contributed by atoms with E-state index in [1.54, 1.807) is 4.90 Å². The minimum Gasteiger partial charge on any atom is -0.375 e. The molecule has 0 N–H and O–H groups in total. The van der Waals surface area contributed by atoms with Crippen LogP contribution in [0.25, 0.3) is 0 Å². The number of alkyl halides is 2. The maximum atomic E-state index is 13.0. The van der Waals surface area contributed by atoms with E-state index in [1.165, 1.54) is 10.6 Å². The quantitative estimate of drug-likeness (QED) is 0.733. The van der Waals surface area contributed by atoms with Crippen LogP contribution in [-0.4, -0.2) is 74.1 Å². The first-order valence-electron chi connectivity index (χ1n) is 7.92. The molecule has 0 aromatic heterocycles. The van der Waals surface area contributed by atoms with Crippen molar-refractivity contribution in [2.24, 2.45) is 5.92 Å². The number of hydrogen-bond donors (Lipinski definition) is 0. The Kier molecular flexibility index (Phi) is 4.39. The van der Waals surface area contributed by atoms with Gasteiger partial charge in [0.2, 0.25) is 21.9 Å². The van der Waals surface area contributed by atoms with E-state index in [0.717, 1.165) is 0 Å². The van der Waals surface area contributed by atoms with Gasteiger partial charge >= 0.3 is 0 Å². The molecule has 0 radical (unpaired) electrons. The highest BCUT2D eigenvalue weighted by molar-refractivity contribution is 7.88. The van der Waals surface area contributed by atoms with Crippen molar-refractivity contribution in [1.82, 2.24) is 9.21 Å². The second kappa shape index (κ2) is 5.93. The summed E-state index contributed by atoms with van der Waals surface area (Å²) in [5, 5.41) is 0. The largest absolute Gasteiger partial charge is 0.375 e. The monoisotopic (exact) mass is 352 g/mol. The molecule has 3 aliphatic rings. The molecule has 1 amide bonds. The molecule has 0 aromatic rings. The fraction of sp³-hybridized carbons (Fsp3) is 0.929. The molecular weight excluding hydrogens is 330 g/mol. The molecule has 2 atom stereocenters. The number of halogens is 2. The first kappa shape index (κ1) is 17.0. The van der Waals surface area contributed by atoms with Gasteiger partial charge in [0.15, 0.2) is 0 Å². The molecule has 2 saturated heterocycles. The van der Waals surface area contributed by atoms with Crippen LogP contribution in [0.15, 0.2) is 0 Å². The SMILES string of the molecule is CS(=O)(=O)N1CCO[C@@H]2CCN(C(=O)C3CC(F)(F)C3)CC[C@H]21. The van der Waals surface area contributed by atoms with Crippen LogP contribution in [0.2, 0.25) is 0 Å². The number of amides is 1. The van der Waals surface area contributed by atoms with Crippen LogP contribution in [-0.2, 0) is 19.6 Å². The molecule has 3 rings (SSSR count). The van der Waals surface area contributed by atoms with Gasteiger partial charge in [-0.15, -0.1) is 0 Å². The molecule has 1 aliphatic carbocycles. The van der Waals surface area contributed by atoms with Crippen molar-refractivity contribution in [1.29, 1.82) is 0 Å². The Bertz CT molecular complexity index is 575. The Balaban J connectivity index is 1.66. The molecule has 0 unspecified atom stereocenters. The van der Waals surface area contributed by atoms with Gasteiger partial charge in [0.25, 0.3) is 0 Å². The van der Waals surface area contributed by atoms with Gasteiger partial charge in [-0.05, 0) is 12.8 Å². The molecule has 0 aromatic carbocycles. The van der Waals surface area contributed by atoms with E-state index in [9.17, 15) is 22.0 Å². The lowest BCUT2D eigenvalue weighted by atomic mass is 9.80. The molecule has 3 fully saturated rings. The summed E-state index contributed by atoms with van der Waals surface area (Å²) in [6.45, 7) is 1.48. The minimum atomic E-state index is -3.32. The van der Waals surface area contributed by atoms with E-state index in [-0.39, 0.29) is 30.9 Å². The molecular formula is C14H22F2N2O4S. The summed E-state index contributed by atoms with van der Waals surface area (Å²) in [4.78, 5) is 13.9. The summed E-state index contributed by atoms with van der Waals surface area (Å²) in [5.41, 5.74) is 0. The Morgan fingerprint density at radius 2 is 1.83 bits per heavy atom. The van der Waals surface area contributed by atoms with Crippen LogP contribution in [0.4, 0.5) is 8.78 Å². The summed E-state index contributed by atoms with van der Waals surface area (Å²) in [5.74, 6) is -3.55. The number of hydrogen-bond acceptors (Lipinski definition) is 4. The van der Waals surface area contributed by atoms with Crippen LogP contribution in [0.1, 0.15) is 25.7 Å². The third-order valence-electron chi connectivity index (χ3n) is 5.00. The van der Waals surface area contributed by atoms with E-state index >= 15 is 0 Å². The molecule has 132 valence electrons. The van der Waals surface area contributed by atoms with Crippen LogP contribution in [0, 0.1) is 5.92 Å². The lowest BCUT2D eigenvalue weighted by Gasteiger charge is -2.38. The number of likely N-dealkylation sites (tertiary alicyclic amines) is 1. The van der Waals surface area contributed by atoms with Crippen LogP contribution >= 0.6 is 0 Å². The smallest absolute Gasteiger partial charge is 0.249 e. The van der Waals surface area contributed by atoms with Gasteiger partial charge in [0.05, 0.1) is 25.0 Å². The second-order valence-corrected chi connectivity index (χ2v) is 8.65. The number of sulfonamides is 1. The van der Waals surface area contributed by atoms with Gasteiger partial charge in [-0.1, -0.05) is 0 Å². The summed E-state index contributed by atoms with van der Waals surface area (Å²) < 4.78 is 56.9. The van der Waals surface area contributed by atoms with E-state index < -0.39 is 21.9 Å². The highest BCUT2D eigenvalue weighted by Crippen LogP contribution is 2.43. The number of carbonyl (C=O) groups is 1. The second-order valence-electron chi connectivity index (χ2n) is 6.71. The van der Waals surface area contributed by atoms with Gasteiger partial charge in [-0.25, -0.2) is 17.2 Å². The molecule has 0 bridgehead atoms. The fourth-order valence-corrected chi connectivity index (χ4v) is 4.91. The Hall–Kier alpha value is -0.800. The molecule has 2 heterocycles.